The topological polar surface area (TPSA) is 106 Å². The number of carboxylic acid groups (broad SMARTS) is 1. The number of carboxylic acids is 1. The Bertz CT molecular complexity index is 194. The maximum absolute atomic E-state index is 10.8. The standard InChI is InChI=1S/C8H16N2O3/c1-2-3-5(7(10)11)4-6(9)8(12)13/h5-6H,2-4,9H2,1H3,(H2,10,11)(H,12,13)/t5?,6-/m0/s1. The highest BCUT2D eigenvalue weighted by Crippen LogP contribution is 2.12. The van der Waals surface area contributed by atoms with Crippen LogP contribution in [0.15, 0.2) is 0 Å². The van der Waals surface area contributed by atoms with Crippen LogP contribution in [0.4, 0.5) is 0 Å². The number of nitrogens with two attached hydrogens (primary N) is 2. The lowest BCUT2D eigenvalue weighted by Gasteiger charge is -2.14. The summed E-state index contributed by atoms with van der Waals surface area (Å²) in [6, 6.07) is -0.996. The predicted octanol–water partition coefficient (Wildman–Crippen LogP) is -0.310. The summed E-state index contributed by atoms with van der Waals surface area (Å²) < 4.78 is 0. The van der Waals surface area contributed by atoms with Crippen molar-refractivity contribution in [1.29, 1.82) is 0 Å². The SMILES string of the molecule is CCCC(C[C@H](N)C(=O)O)C(N)=O. The van der Waals surface area contributed by atoms with E-state index in [4.69, 9.17) is 16.6 Å². The van der Waals surface area contributed by atoms with E-state index in [-0.39, 0.29) is 6.42 Å². The van der Waals surface area contributed by atoms with Gasteiger partial charge in [0.1, 0.15) is 6.04 Å². The van der Waals surface area contributed by atoms with E-state index >= 15 is 0 Å². The van der Waals surface area contributed by atoms with Crippen molar-refractivity contribution in [3.63, 3.8) is 0 Å². The van der Waals surface area contributed by atoms with Crippen molar-refractivity contribution < 1.29 is 14.7 Å². The van der Waals surface area contributed by atoms with Gasteiger partial charge >= 0.3 is 5.97 Å². The van der Waals surface area contributed by atoms with E-state index in [1.807, 2.05) is 6.92 Å². The fourth-order valence-electron chi connectivity index (χ4n) is 1.13. The normalized spacial score (nSPS) is 14.9. The molecule has 5 N–H and O–H groups in total. The van der Waals surface area contributed by atoms with Crippen molar-refractivity contribution in [3.8, 4) is 0 Å². The molecule has 0 aliphatic carbocycles. The lowest BCUT2D eigenvalue weighted by atomic mass is 9.95. The average Bonchev–Trinajstić information content (AvgIpc) is 2.03. The summed E-state index contributed by atoms with van der Waals surface area (Å²) in [6.45, 7) is 1.90. The number of primary amides is 1. The molecule has 0 fully saturated rings. The van der Waals surface area contributed by atoms with Gasteiger partial charge in [0, 0.05) is 5.92 Å². The van der Waals surface area contributed by atoms with Gasteiger partial charge in [-0.2, -0.15) is 0 Å². The Morgan fingerprint density at radius 2 is 2.00 bits per heavy atom. The van der Waals surface area contributed by atoms with Crippen LogP contribution in [0, 0.1) is 5.92 Å². The van der Waals surface area contributed by atoms with E-state index in [2.05, 4.69) is 0 Å². The summed E-state index contributed by atoms with van der Waals surface area (Å²) in [5.74, 6) is -1.99. The average molecular weight is 188 g/mol. The van der Waals surface area contributed by atoms with Gasteiger partial charge in [-0.1, -0.05) is 13.3 Å². The maximum atomic E-state index is 10.8. The van der Waals surface area contributed by atoms with Crippen LogP contribution in [-0.4, -0.2) is 23.0 Å². The van der Waals surface area contributed by atoms with E-state index in [9.17, 15) is 9.59 Å². The Hall–Kier alpha value is -1.10. The summed E-state index contributed by atoms with van der Waals surface area (Å²) in [4.78, 5) is 21.2. The summed E-state index contributed by atoms with van der Waals surface area (Å²) in [5.41, 5.74) is 10.4. The van der Waals surface area contributed by atoms with Crippen molar-refractivity contribution in [1.82, 2.24) is 0 Å². The first kappa shape index (κ1) is 11.9. The highest BCUT2D eigenvalue weighted by Gasteiger charge is 2.21. The number of amides is 1. The second kappa shape index (κ2) is 5.53. The minimum atomic E-state index is -1.10. The van der Waals surface area contributed by atoms with Gasteiger partial charge in [-0.15, -0.1) is 0 Å². The van der Waals surface area contributed by atoms with E-state index in [1.54, 1.807) is 0 Å². The molecule has 2 atom stereocenters. The Morgan fingerprint density at radius 3 is 2.31 bits per heavy atom. The van der Waals surface area contributed by atoms with E-state index in [0.717, 1.165) is 6.42 Å². The molecule has 0 aromatic heterocycles. The lowest BCUT2D eigenvalue weighted by Crippen LogP contribution is -2.36. The van der Waals surface area contributed by atoms with Crippen molar-refractivity contribution in [2.45, 2.75) is 32.2 Å². The van der Waals surface area contributed by atoms with Crippen LogP contribution in [0.2, 0.25) is 0 Å². The number of hydrogen-bond donors (Lipinski definition) is 3. The number of aliphatic carboxylic acids is 1. The summed E-state index contributed by atoms with van der Waals surface area (Å²) in [5, 5.41) is 8.50. The predicted molar refractivity (Wildman–Crippen MR) is 47.8 cm³/mol. The molecule has 0 radical (unpaired) electrons. The molecule has 0 bridgehead atoms. The molecule has 0 saturated heterocycles. The molecular weight excluding hydrogens is 172 g/mol. The maximum Gasteiger partial charge on any atom is 0.320 e. The third-order valence-electron chi connectivity index (χ3n) is 1.90. The van der Waals surface area contributed by atoms with Gasteiger partial charge in [0.15, 0.2) is 0 Å². The van der Waals surface area contributed by atoms with Crippen molar-refractivity contribution in [2.24, 2.45) is 17.4 Å². The van der Waals surface area contributed by atoms with Crippen LogP contribution in [0.1, 0.15) is 26.2 Å². The summed E-state index contributed by atoms with van der Waals surface area (Å²) in [6.07, 6.45) is 1.51. The molecule has 0 saturated carbocycles. The van der Waals surface area contributed by atoms with Gasteiger partial charge in [-0.25, -0.2) is 0 Å². The third kappa shape index (κ3) is 4.47. The first-order valence-electron chi connectivity index (χ1n) is 4.26. The number of carbonyl (C=O) groups is 2. The van der Waals surface area contributed by atoms with Crippen molar-refractivity contribution in [2.75, 3.05) is 0 Å². The molecule has 76 valence electrons. The molecule has 0 aliphatic rings. The molecule has 0 heterocycles. The van der Waals surface area contributed by atoms with Crippen LogP contribution < -0.4 is 11.5 Å². The van der Waals surface area contributed by atoms with E-state index < -0.39 is 23.8 Å². The highest BCUT2D eigenvalue weighted by atomic mass is 16.4. The molecular formula is C8H16N2O3. The van der Waals surface area contributed by atoms with Gasteiger partial charge in [0.25, 0.3) is 0 Å². The first-order chi connectivity index (χ1) is 5.99. The zero-order chi connectivity index (χ0) is 10.4. The molecule has 0 rings (SSSR count). The van der Waals surface area contributed by atoms with Crippen LogP contribution in [0.5, 0.6) is 0 Å². The van der Waals surface area contributed by atoms with Gasteiger partial charge in [-0.05, 0) is 12.8 Å². The molecule has 5 heteroatoms. The molecule has 0 aromatic carbocycles. The summed E-state index contributed by atoms with van der Waals surface area (Å²) >= 11 is 0. The van der Waals surface area contributed by atoms with Crippen LogP contribution >= 0.6 is 0 Å². The molecule has 0 aliphatic heterocycles. The molecule has 0 spiro atoms. The quantitative estimate of drug-likeness (QED) is 0.531. The van der Waals surface area contributed by atoms with E-state index in [1.165, 1.54) is 0 Å². The smallest absolute Gasteiger partial charge is 0.320 e. The fraction of sp³-hybridized carbons (Fsp3) is 0.750. The Labute approximate surface area is 77.1 Å². The molecule has 1 amide bonds. The molecule has 13 heavy (non-hydrogen) atoms. The summed E-state index contributed by atoms with van der Waals surface area (Å²) in [7, 11) is 0. The number of rotatable bonds is 6. The fourth-order valence-corrected chi connectivity index (χ4v) is 1.13. The minimum Gasteiger partial charge on any atom is -0.480 e. The highest BCUT2D eigenvalue weighted by molar-refractivity contribution is 5.79. The number of hydrogen-bond acceptors (Lipinski definition) is 3. The Balaban J connectivity index is 4.09. The lowest BCUT2D eigenvalue weighted by molar-refractivity contribution is -0.139. The number of carbonyl (C=O) groups excluding carboxylic acids is 1. The van der Waals surface area contributed by atoms with Crippen molar-refractivity contribution >= 4 is 11.9 Å². The molecule has 5 nitrogen and oxygen atoms in total. The largest absolute Gasteiger partial charge is 0.480 e. The van der Waals surface area contributed by atoms with Gasteiger partial charge in [0.05, 0.1) is 0 Å². The van der Waals surface area contributed by atoms with Gasteiger partial charge < -0.3 is 16.6 Å². The zero-order valence-corrected chi connectivity index (χ0v) is 7.69. The monoisotopic (exact) mass is 188 g/mol. The first-order valence-corrected chi connectivity index (χ1v) is 4.26. The minimum absolute atomic E-state index is 0.124. The van der Waals surface area contributed by atoms with Gasteiger partial charge in [0.2, 0.25) is 5.91 Å². The van der Waals surface area contributed by atoms with Crippen LogP contribution in [-0.2, 0) is 9.59 Å². The Kier molecular flexibility index (Phi) is 5.06. The zero-order valence-electron chi connectivity index (χ0n) is 7.69. The van der Waals surface area contributed by atoms with E-state index in [0.29, 0.717) is 6.42 Å². The molecule has 0 aromatic rings. The van der Waals surface area contributed by atoms with Crippen LogP contribution in [0.3, 0.4) is 0 Å². The van der Waals surface area contributed by atoms with Gasteiger partial charge in [-0.3, -0.25) is 9.59 Å². The third-order valence-corrected chi connectivity index (χ3v) is 1.90. The molecule has 1 unspecified atom stereocenters. The second-order valence-electron chi connectivity index (χ2n) is 3.07. The Morgan fingerprint density at radius 1 is 1.46 bits per heavy atom. The second-order valence-corrected chi connectivity index (χ2v) is 3.07. The van der Waals surface area contributed by atoms with Crippen molar-refractivity contribution in [3.05, 3.63) is 0 Å². The van der Waals surface area contributed by atoms with Crippen LogP contribution in [0.25, 0.3) is 0 Å².